The summed E-state index contributed by atoms with van der Waals surface area (Å²) in [6, 6.07) is 9.08. The number of nitrogens with one attached hydrogen (secondary N) is 1. The van der Waals surface area contributed by atoms with Crippen molar-refractivity contribution in [2.45, 2.75) is 43.4 Å². The molecule has 1 aliphatic rings. The number of piperazine rings is 1. The molecule has 0 bridgehead atoms. The van der Waals surface area contributed by atoms with Gasteiger partial charge in [0.2, 0.25) is 26.0 Å². The van der Waals surface area contributed by atoms with Crippen molar-refractivity contribution >= 4 is 26.0 Å². The van der Waals surface area contributed by atoms with Gasteiger partial charge in [-0.25, -0.2) is 16.8 Å². The molecule has 1 aliphatic heterocycles. The Labute approximate surface area is 209 Å². The average molecular weight is 548 g/mol. The first kappa shape index (κ1) is 28.1. The second kappa shape index (κ2) is 10.5. The molecule has 0 radical (unpaired) electrons. The number of rotatable bonds is 7. The van der Waals surface area contributed by atoms with Gasteiger partial charge in [-0.3, -0.25) is 4.79 Å². The Hall–Kier alpha value is -2.48. The lowest BCUT2D eigenvalue weighted by molar-refractivity contribution is -0.137. The number of benzene rings is 2. The van der Waals surface area contributed by atoms with Gasteiger partial charge >= 0.3 is 6.18 Å². The van der Waals surface area contributed by atoms with Gasteiger partial charge in [0, 0.05) is 26.2 Å². The standard InChI is InChI=1S/C23H28F3N3O5S2/c1-16(2)18-6-10-20(11-7-18)36(33,34)29-13-12-28(35(3,31)32)15-21(29)22(30)27-14-17-4-8-19(9-5-17)23(24,25)26/h4-11,16,21H,12-15H2,1-3H3,(H,27,30). The van der Waals surface area contributed by atoms with E-state index >= 15 is 0 Å². The Morgan fingerprint density at radius 3 is 2.08 bits per heavy atom. The molecule has 0 aromatic heterocycles. The van der Waals surface area contributed by atoms with Gasteiger partial charge in [0.1, 0.15) is 6.04 Å². The summed E-state index contributed by atoms with van der Waals surface area (Å²) in [5, 5.41) is 2.53. The zero-order chi connectivity index (χ0) is 26.9. The minimum Gasteiger partial charge on any atom is -0.351 e. The molecule has 1 fully saturated rings. The smallest absolute Gasteiger partial charge is 0.351 e. The zero-order valence-corrected chi connectivity index (χ0v) is 21.6. The summed E-state index contributed by atoms with van der Waals surface area (Å²) in [6.07, 6.45) is -3.53. The molecule has 13 heteroatoms. The molecule has 2 aromatic carbocycles. The summed E-state index contributed by atoms with van der Waals surface area (Å²) in [4.78, 5) is 13.1. The second-order valence-corrected chi connectivity index (χ2v) is 12.8. The molecule has 2 aromatic rings. The van der Waals surface area contributed by atoms with Crippen LogP contribution in [0.25, 0.3) is 0 Å². The Morgan fingerprint density at radius 1 is 1.00 bits per heavy atom. The molecule has 198 valence electrons. The topological polar surface area (TPSA) is 104 Å². The van der Waals surface area contributed by atoms with Crippen molar-refractivity contribution in [2.24, 2.45) is 0 Å². The van der Waals surface area contributed by atoms with E-state index in [-0.39, 0.29) is 37.0 Å². The van der Waals surface area contributed by atoms with Gasteiger partial charge in [-0.1, -0.05) is 38.1 Å². The number of carbonyl (C=O) groups is 1. The van der Waals surface area contributed by atoms with E-state index < -0.39 is 43.7 Å². The molecule has 1 saturated heterocycles. The van der Waals surface area contributed by atoms with Crippen LogP contribution in [0, 0.1) is 0 Å². The summed E-state index contributed by atoms with van der Waals surface area (Å²) in [7, 11) is -7.85. The predicted octanol–water partition coefficient (Wildman–Crippen LogP) is 2.78. The number of halogens is 3. The maximum Gasteiger partial charge on any atom is 0.416 e. The number of hydrogen-bond donors (Lipinski definition) is 1. The van der Waals surface area contributed by atoms with Crippen LogP contribution >= 0.6 is 0 Å². The van der Waals surface area contributed by atoms with E-state index in [1.807, 2.05) is 13.8 Å². The number of alkyl halides is 3. The third-order valence-corrected chi connectivity index (χ3v) is 9.16. The van der Waals surface area contributed by atoms with E-state index in [9.17, 15) is 34.8 Å². The molecule has 1 unspecified atom stereocenters. The second-order valence-electron chi connectivity index (χ2n) is 8.89. The van der Waals surface area contributed by atoms with E-state index in [0.29, 0.717) is 5.56 Å². The minimum absolute atomic E-state index is 0.0276. The average Bonchev–Trinajstić information content (AvgIpc) is 2.81. The highest BCUT2D eigenvalue weighted by Crippen LogP contribution is 2.29. The fourth-order valence-electron chi connectivity index (χ4n) is 3.82. The highest BCUT2D eigenvalue weighted by atomic mass is 32.2. The number of nitrogens with zero attached hydrogens (tertiary/aromatic N) is 2. The van der Waals surface area contributed by atoms with Crippen LogP contribution in [0.1, 0.15) is 36.5 Å². The summed E-state index contributed by atoms with van der Waals surface area (Å²) >= 11 is 0. The first-order valence-corrected chi connectivity index (χ1v) is 14.4. The van der Waals surface area contributed by atoms with Crippen molar-refractivity contribution in [1.82, 2.24) is 13.9 Å². The molecule has 1 N–H and O–H groups in total. The summed E-state index contributed by atoms with van der Waals surface area (Å²) in [5.41, 5.74) is 0.460. The monoisotopic (exact) mass is 547 g/mol. The molecular formula is C23H28F3N3O5S2. The summed E-state index contributed by atoms with van der Waals surface area (Å²) in [5.74, 6) is -0.575. The summed E-state index contributed by atoms with van der Waals surface area (Å²) in [6.45, 7) is 3.02. The van der Waals surface area contributed by atoms with Crippen LogP contribution in [0.2, 0.25) is 0 Å². The van der Waals surface area contributed by atoms with Crippen LogP contribution in [0.4, 0.5) is 13.2 Å². The maximum absolute atomic E-state index is 13.4. The first-order valence-electron chi connectivity index (χ1n) is 11.1. The van der Waals surface area contributed by atoms with E-state index in [2.05, 4.69) is 5.32 Å². The lowest BCUT2D eigenvalue weighted by Gasteiger charge is -2.38. The Bertz CT molecular complexity index is 1290. The highest BCUT2D eigenvalue weighted by Gasteiger charge is 2.42. The first-order chi connectivity index (χ1) is 16.6. The van der Waals surface area contributed by atoms with Gasteiger partial charge in [0.25, 0.3) is 0 Å². The maximum atomic E-state index is 13.4. The molecule has 1 amide bonds. The molecule has 1 atom stereocenters. The molecule has 3 rings (SSSR count). The number of carbonyl (C=O) groups excluding carboxylic acids is 1. The lowest BCUT2D eigenvalue weighted by Crippen LogP contribution is -2.61. The van der Waals surface area contributed by atoms with Gasteiger partial charge in [-0.15, -0.1) is 0 Å². The van der Waals surface area contributed by atoms with Gasteiger partial charge < -0.3 is 5.32 Å². The normalized spacial score (nSPS) is 18.4. The van der Waals surface area contributed by atoms with Crippen molar-refractivity contribution < 1.29 is 34.8 Å². The molecule has 1 heterocycles. The third kappa shape index (κ3) is 6.44. The lowest BCUT2D eigenvalue weighted by atomic mass is 10.0. The SMILES string of the molecule is CC(C)c1ccc(S(=O)(=O)N2CCN(S(C)(=O)=O)CC2C(=O)NCc2ccc(C(F)(F)F)cc2)cc1. The van der Waals surface area contributed by atoms with E-state index in [4.69, 9.17) is 0 Å². The van der Waals surface area contributed by atoms with Crippen molar-refractivity contribution in [1.29, 1.82) is 0 Å². The van der Waals surface area contributed by atoms with Gasteiger partial charge in [-0.05, 0) is 41.3 Å². The van der Waals surface area contributed by atoms with Gasteiger partial charge in [-0.2, -0.15) is 21.8 Å². The molecule has 0 spiro atoms. The van der Waals surface area contributed by atoms with Crippen molar-refractivity contribution in [3.05, 3.63) is 65.2 Å². The van der Waals surface area contributed by atoms with Crippen molar-refractivity contribution in [3.63, 3.8) is 0 Å². The molecule has 36 heavy (non-hydrogen) atoms. The van der Waals surface area contributed by atoms with Crippen LogP contribution in [-0.4, -0.2) is 63.3 Å². The highest BCUT2D eigenvalue weighted by molar-refractivity contribution is 7.89. The van der Waals surface area contributed by atoms with E-state index in [0.717, 1.165) is 32.6 Å². The number of sulfonamides is 2. The van der Waals surface area contributed by atoms with Crippen molar-refractivity contribution in [3.8, 4) is 0 Å². The quantitative estimate of drug-likeness (QED) is 0.574. The Balaban J connectivity index is 1.84. The van der Waals surface area contributed by atoms with Gasteiger partial charge in [0.15, 0.2) is 0 Å². The molecule has 0 aliphatic carbocycles. The zero-order valence-electron chi connectivity index (χ0n) is 20.0. The number of amides is 1. The predicted molar refractivity (Wildman–Crippen MR) is 128 cm³/mol. The van der Waals surface area contributed by atoms with Gasteiger partial charge in [0.05, 0.1) is 16.7 Å². The third-order valence-electron chi connectivity index (χ3n) is 5.97. The van der Waals surface area contributed by atoms with Crippen molar-refractivity contribution in [2.75, 3.05) is 25.9 Å². The van der Waals surface area contributed by atoms with Crippen LogP contribution in [0.3, 0.4) is 0 Å². The van der Waals surface area contributed by atoms with Crippen LogP contribution in [-0.2, 0) is 37.6 Å². The van der Waals surface area contributed by atoms with Crippen LogP contribution in [0.15, 0.2) is 53.4 Å². The molecular weight excluding hydrogens is 519 g/mol. The largest absolute Gasteiger partial charge is 0.416 e. The summed E-state index contributed by atoms with van der Waals surface area (Å²) < 4.78 is 91.4. The Kier molecular flexibility index (Phi) is 8.18. The fourth-order valence-corrected chi connectivity index (χ4v) is 6.22. The van der Waals surface area contributed by atoms with E-state index in [1.54, 1.807) is 12.1 Å². The molecule has 8 nitrogen and oxygen atoms in total. The van der Waals surface area contributed by atoms with E-state index in [1.165, 1.54) is 24.3 Å². The molecule has 0 saturated carbocycles. The Morgan fingerprint density at radius 2 is 1.58 bits per heavy atom. The van der Waals surface area contributed by atoms with Crippen LogP contribution in [0.5, 0.6) is 0 Å². The van der Waals surface area contributed by atoms with Crippen LogP contribution < -0.4 is 5.32 Å². The fraction of sp³-hybridized carbons (Fsp3) is 0.435. The number of hydrogen-bond acceptors (Lipinski definition) is 5. The minimum atomic E-state index is -4.50.